The zero-order valence-corrected chi connectivity index (χ0v) is 12.1. The predicted octanol–water partition coefficient (Wildman–Crippen LogP) is 2.89. The molecule has 0 aliphatic carbocycles. The Morgan fingerprint density at radius 1 is 1.39 bits per heavy atom. The minimum Gasteiger partial charge on any atom is -0.495 e. The molecule has 0 atom stereocenters. The van der Waals surface area contributed by atoms with Gasteiger partial charge in [0.2, 0.25) is 0 Å². The molecule has 0 fully saturated rings. The molecular weight excluding hydrogens is 242 g/mol. The van der Waals surface area contributed by atoms with Crippen LogP contribution in [0.2, 0.25) is 0 Å². The van der Waals surface area contributed by atoms with Gasteiger partial charge in [0.05, 0.1) is 19.2 Å². The molecule has 0 spiro atoms. The fourth-order valence-electron chi connectivity index (χ4n) is 1.50. The summed E-state index contributed by atoms with van der Waals surface area (Å²) in [5.41, 5.74) is 7.60. The summed E-state index contributed by atoms with van der Waals surface area (Å²) in [6.07, 6.45) is 0. The van der Waals surface area contributed by atoms with Crippen LogP contribution in [0.15, 0.2) is 18.2 Å². The summed E-state index contributed by atoms with van der Waals surface area (Å²) < 4.78 is 5.29. The van der Waals surface area contributed by atoms with Crippen LogP contribution >= 0.6 is 11.8 Å². The average Bonchev–Trinajstić information content (AvgIpc) is 2.36. The maximum Gasteiger partial charge on any atom is 0.134 e. The Morgan fingerprint density at radius 3 is 2.78 bits per heavy atom. The number of nitrogens with two attached hydrogens (primary N) is 1. The Kier molecular flexibility index (Phi) is 6.70. The SMILES string of the molecule is COc1ccc(CSCC(C)C)cc1C#CCN. The first-order valence-electron chi connectivity index (χ1n) is 6.11. The first-order valence-corrected chi connectivity index (χ1v) is 7.26. The van der Waals surface area contributed by atoms with Crippen molar-refractivity contribution >= 4 is 11.8 Å². The van der Waals surface area contributed by atoms with E-state index in [0.29, 0.717) is 6.54 Å². The van der Waals surface area contributed by atoms with Gasteiger partial charge >= 0.3 is 0 Å². The van der Waals surface area contributed by atoms with Gasteiger partial charge < -0.3 is 10.5 Å². The predicted molar refractivity (Wildman–Crippen MR) is 79.9 cm³/mol. The van der Waals surface area contributed by atoms with E-state index in [1.165, 1.54) is 11.3 Å². The van der Waals surface area contributed by atoms with Gasteiger partial charge in [-0.2, -0.15) is 11.8 Å². The van der Waals surface area contributed by atoms with Crippen molar-refractivity contribution in [2.24, 2.45) is 11.7 Å². The summed E-state index contributed by atoms with van der Waals surface area (Å²) in [6, 6.07) is 6.17. The quantitative estimate of drug-likeness (QED) is 0.830. The summed E-state index contributed by atoms with van der Waals surface area (Å²) in [5, 5.41) is 0. The van der Waals surface area contributed by atoms with Gasteiger partial charge in [0.25, 0.3) is 0 Å². The van der Waals surface area contributed by atoms with Crippen molar-refractivity contribution in [3.05, 3.63) is 29.3 Å². The highest BCUT2D eigenvalue weighted by molar-refractivity contribution is 7.98. The summed E-state index contributed by atoms with van der Waals surface area (Å²) >= 11 is 1.95. The van der Waals surface area contributed by atoms with Crippen molar-refractivity contribution in [3.63, 3.8) is 0 Å². The lowest BCUT2D eigenvalue weighted by molar-refractivity contribution is 0.413. The molecule has 0 saturated heterocycles. The standard InChI is InChI=1S/C15H21NOS/c1-12(2)10-18-11-13-6-7-15(17-3)14(9-13)5-4-8-16/h6-7,9,12H,8,10-11,16H2,1-3H3. The Bertz CT molecular complexity index is 432. The van der Waals surface area contributed by atoms with Crippen LogP contribution in [0.25, 0.3) is 0 Å². The van der Waals surface area contributed by atoms with Gasteiger partial charge in [-0.1, -0.05) is 31.8 Å². The van der Waals surface area contributed by atoms with Gasteiger partial charge in [0.1, 0.15) is 5.75 Å². The third-order valence-electron chi connectivity index (χ3n) is 2.31. The number of hydrogen-bond acceptors (Lipinski definition) is 3. The van der Waals surface area contributed by atoms with Gasteiger partial charge in [-0.05, 0) is 29.4 Å². The van der Waals surface area contributed by atoms with E-state index in [1.807, 2.05) is 17.8 Å². The highest BCUT2D eigenvalue weighted by atomic mass is 32.2. The first-order chi connectivity index (χ1) is 8.67. The van der Waals surface area contributed by atoms with Crippen LogP contribution in [0.5, 0.6) is 5.75 Å². The molecule has 0 bridgehead atoms. The van der Waals surface area contributed by atoms with Crippen molar-refractivity contribution in [2.45, 2.75) is 19.6 Å². The van der Waals surface area contributed by atoms with Gasteiger partial charge in [-0.25, -0.2) is 0 Å². The number of hydrogen-bond donors (Lipinski definition) is 1. The highest BCUT2D eigenvalue weighted by Crippen LogP contribution is 2.22. The molecule has 0 amide bonds. The Morgan fingerprint density at radius 2 is 2.17 bits per heavy atom. The topological polar surface area (TPSA) is 35.2 Å². The van der Waals surface area contributed by atoms with Crippen molar-refractivity contribution < 1.29 is 4.74 Å². The lowest BCUT2D eigenvalue weighted by Crippen LogP contribution is -1.95. The molecule has 0 unspecified atom stereocenters. The molecule has 2 nitrogen and oxygen atoms in total. The molecule has 0 saturated carbocycles. The average molecular weight is 263 g/mol. The van der Waals surface area contributed by atoms with Crippen molar-refractivity contribution in [3.8, 4) is 17.6 Å². The zero-order chi connectivity index (χ0) is 13.4. The fourth-order valence-corrected chi connectivity index (χ4v) is 2.51. The van der Waals surface area contributed by atoms with Gasteiger partial charge in [-0.3, -0.25) is 0 Å². The number of methoxy groups -OCH3 is 1. The van der Waals surface area contributed by atoms with Crippen LogP contribution in [0, 0.1) is 17.8 Å². The number of ether oxygens (including phenoxy) is 1. The van der Waals surface area contributed by atoms with E-state index in [0.717, 1.165) is 23.0 Å². The third-order valence-corrected chi connectivity index (χ3v) is 3.75. The second-order valence-corrected chi connectivity index (χ2v) is 5.48. The summed E-state index contributed by atoms with van der Waals surface area (Å²) in [5.74, 6) is 9.66. The molecule has 1 aromatic carbocycles. The lowest BCUT2D eigenvalue weighted by atomic mass is 10.1. The second kappa shape index (κ2) is 8.07. The van der Waals surface area contributed by atoms with Crippen LogP contribution in [-0.4, -0.2) is 19.4 Å². The number of benzene rings is 1. The minimum atomic E-state index is 0.371. The maximum absolute atomic E-state index is 5.40. The van der Waals surface area contributed by atoms with Crippen molar-refractivity contribution in [1.82, 2.24) is 0 Å². The van der Waals surface area contributed by atoms with Gasteiger partial charge in [-0.15, -0.1) is 0 Å². The summed E-state index contributed by atoms with van der Waals surface area (Å²) in [7, 11) is 1.66. The number of rotatable bonds is 5. The first kappa shape index (κ1) is 14.9. The fraction of sp³-hybridized carbons (Fsp3) is 0.467. The normalized spacial score (nSPS) is 10.1. The van der Waals surface area contributed by atoms with Crippen molar-refractivity contribution in [2.75, 3.05) is 19.4 Å². The molecule has 0 aromatic heterocycles. The molecule has 1 rings (SSSR count). The maximum atomic E-state index is 5.40. The molecule has 0 radical (unpaired) electrons. The lowest BCUT2D eigenvalue weighted by Gasteiger charge is -2.08. The highest BCUT2D eigenvalue weighted by Gasteiger charge is 2.03. The molecule has 3 heteroatoms. The van der Waals surface area contributed by atoms with E-state index in [2.05, 4.69) is 37.8 Å². The zero-order valence-electron chi connectivity index (χ0n) is 11.3. The van der Waals surface area contributed by atoms with E-state index in [9.17, 15) is 0 Å². The Hall–Kier alpha value is -1.11. The van der Waals surface area contributed by atoms with Crippen LogP contribution in [0.1, 0.15) is 25.0 Å². The number of thioether (sulfide) groups is 1. The van der Waals surface area contributed by atoms with E-state index in [4.69, 9.17) is 10.5 Å². The minimum absolute atomic E-state index is 0.371. The molecule has 1 aromatic rings. The Labute approximate surface area is 114 Å². The van der Waals surface area contributed by atoms with Gasteiger partial charge in [0.15, 0.2) is 0 Å². The second-order valence-electron chi connectivity index (χ2n) is 4.45. The van der Waals surface area contributed by atoms with E-state index >= 15 is 0 Å². The molecule has 98 valence electrons. The van der Waals surface area contributed by atoms with Crippen LogP contribution in [0.4, 0.5) is 0 Å². The Balaban J connectivity index is 2.76. The van der Waals surface area contributed by atoms with Crippen molar-refractivity contribution in [1.29, 1.82) is 0 Å². The van der Waals surface area contributed by atoms with Crippen LogP contribution < -0.4 is 10.5 Å². The van der Waals surface area contributed by atoms with E-state index in [1.54, 1.807) is 7.11 Å². The summed E-state index contributed by atoms with van der Waals surface area (Å²) in [4.78, 5) is 0. The molecule has 2 N–H and O–H groups in total. The smallest absolute Gasteiger partial charge is 0.134 e. The van der Waals surface area contributed by atoms with Crippen LogP contribution in [0.3, 0.4) is 0 Å². The molecule has 0 aliphatic heterocycles. The van der Waals surface area contributed by atoms with E-state index in [-0.39, 0.29) is 0 Å². The molecule has 18 heavy (non-hydrogen) atoms. The monoisotopic (exact) mass is 263 g/mol. The largest absolute Gasteiger partial charge is 0.495 e. The van der Waals surface area contributed by atoms with Crippen LogP contribution in [-0.2, 0) is 5.75 Å². The molecule has 0 aliphatic rings. The van der Waals surface area contributed by atoms with Gasteiger partial charge in [0, 0.05) is 5.75 Å². The summed E-state index contributed by atoms with van der Waals surface area (Å²) in [6.45, 7) is 4.84. The van der Waals surface area contributed by atoms with E-state index < -0.39 is 0 Å². The molecule has 0 heterocycles. The third kappa shape index (κ3) is 5.03. The molecular formula is C15H21NOS.